The van der Waals surface area contributed by atoms with Gasteiger partial charge in [0.2, 0.25) is 5.82 Å². The van der Waals surface area contributed by atoms with Crippen LogP contribution in [-0.4, -0.2) is 25.5 Å². The van der Waals surface area contributed by atoms with E-state index in [9.17, 15) is 9.18 Å². The van der Waals surface area contributed by atoms with Gasteiger partial charge in [-0.05, 0) is 37.6 Å². The molecule has 3 rings (SSSR count). The zero-order valence-corrected chi connectivity index (χ0v) is 11.5. The lowest BCUT2D eigenvalue weighted by Gasteiger charge is -2.03. The summed E-state index contributed by atoms with van der Waals surface area (Å²) in [6.07, 6.45) is 1.59. The van der Waals surface area contributed by atoms with Crippen LogP contribution in [0.15, 0.2) is 30.5 Å². The maximum atomic E-state index is 13.5. The van der Waals surface area contributed by atoms with Gasteiger partial charge in [0, 0.05) is 17.6 Å². The average molecular weight is 285 g/mol. The van der Waals surface area contributed by atoms with Crippen LogP contribution < -0.4 is 5.32 Å². The van der Waals surface area contributed by atoms with Crippen LogP contribution in [0.25, 0.3) is 5.78 Å². The van der Waals surface area contributed by atoms with Gasteiger partial charge < -0.3 is 5.32 Å². The Bertz CT molecular complexity index is 842. The first-order valence-electron chi connectivity index (χ1n) is 6.30. The summed E-state index contributed by atoms with van der Waals surface area (Å²) in [4.78, 5) is 20.2. The standard InChI is InChI=1S/C14H12FN5O/c1-8-3-4-10(7-11(8)15)17-13(21)12-18-14-16-6-5-9(2)20(14)19-12/h3-7H,1-2H3,(H,17,21). The molecular weight excluding hydrogens is 273 g/mol. The molecule has 0 radical (unpaired) electrons. The molecule has 0 aliphatic heterocycles. The lowest BCUT2D eigenvalue weighted by molar-refractivity contribution is 0.101. The van der Waals surface area contributed by atoms with Crippen molar-refractivity contribution < 1.29 is 9.18 Å². The zero-order valence-electron chi connectivity index (χ0n) is 11.5. The molecule has 1 N–H and O–H groups in total. The number of halogens is 1. The van der Waals surface area contributed by atoms with Gasteiger partial charge in [-0.2, -0.15) is 4.98 Å². The second-order valence-electron chi connectivity index (χ2n) is 4.65. The van der Waals surface area contributed by atoms with Gasteiger partial charge >= 0.3 is 0 Å². The van der Waals surface area contributed by atoms with E-state index in [0.717, 1.165) is 5.69 Å². The maximum Gasteiger partial charge on any atom is 0.295 e. The molecule has 0 aliphatic rings. The van der Waals surface area contributed by atoms with Crippen LogP contribution in [0, 0.1) is 19.7 Å². The Balaban J connectivity index is 1.90. The Morgan fingerprint density at radius 2 is 2.10 bits per heavy atom. The maximum absolute atomic E-state index is 13.5. The third-order valence-electron chi connectivity index (χ3n) is 3.06. The minimum atomic E-state index is -0.511. The fourth-order valence-corrected chi connectivity index (χ4v) is 1.86. The summed E-state index contributed by atoms with van der Waals surface area (Å²) in [5.41, 5.74) is 1.68. The van der Waals surface area contributed by atoms with Crippen molar-refractivity contribution in [2.45, 2.75) is 13.8 Å². The largest absolute Gasteiger partial charge is 0.319 e. The van der Waals surface area contributed by atoms with Gasteiger partial charge in [-0.3, -0.25) is 4.79 Å². The summed E-state index contributed by atoms with van der Waals surface area (Å²) in [6, 6.07) is 6.23. The van der Waals surface area contributed by atoms with Gasteiger partial charge in [0.1, 0.15) is 5.82 Å². The van der Waals surface area contributed by atoms with Crippen molar-refractivity contribution in [3.8, 4) is 0 Å². The number of rotatable bonds is 2. The van der Waals surface area contributed by atoms with Crippen molar-refractivity contribution in [1.29, 1.82) is 0 Å². The molecule has 0 saturated carbocycles. The van der Waals surface area contributed by atoms with Gasteiger partial charge in [-0.1, -0.05) is 6.07 Å². The second-order valence-corrected chi connectivity index (χ2v) is 4.65. The molecule has 0 fully saturated rings. The number of hydrogen-bond acceptors (Lipinski definition) is 4. The Morgan fingerprint density at radius 1 is 1.29 bits per heavy atom. The number of fused-ring (bicyclic) bond motifs is 1. The second kappa shape index (κ2) is 4.93. The van der Waals surface area contributed by atoms with Crippen LogP contribution in [0.4, 0.5) is 10.1 Å². The summed E-state index contributed by atoms with van der Waals surface area (Å²) in [6.45, 7) is 3.49. The predicted octanol–water partition coefficient (Wildman–Crippen LogP) is 2.13. The molecule has 0 spiro atoms. The number of carbonyl (C=O) groups is 1. The third-order valence-corrected chi connectivity index (χ3v) is 3.06. The molecule has 2 heterocycles. The molecule has 7 heteroatoms. The molecule has 1 aromatic carbocycles. The molecule has 0 saturated heterocycles. The van der Waals surface area contributed by atoms with Crippen molar-refractivity contribution in [2.75, 3.05) is 5.32 Å². The Kier molecular flexibility index (Phi) is 3.09. The van der Waals surface area contributed by atoms with Crippen LogP contribution in [0.1, 0.15) is 21.9 Å². The number of anilines is 1. The van der Waals surface area contributed by atoms with E-state index in [1.807, 2.05) is 6.92 Å². The monoisotopic (exact) mass is 285 g/mol. The van der Waals surface area contributed by atoms with E-state index in [1.165, 1.54) is 10.6 Å². The SMILES string of the molecule is Cc1ccc(NC(=O)c2nc3nccc(C)n3n2)cc1F. The van der Waals surface area contributed by atoms with E-state index in [0.29, 0.717) is 17.0 Å². The van der Waals surface area contributed by atoms with Crippen molar-refractivity contribution >= 4 is 17.4 Å². The van der Waals surface area contributed by atoms with Gasteiger partial charge in [0.05, 0.1) is 0 Å². The highest BCUT2D eigenvalue weighted by atomic mass is 19.1. The van der Waals surface area contributed by atoms with Crippen LogP contribution in [0.3, 0.4) is 0 Å². The first kappa shape index (κ1) is 13.2. The van der Waals surface area contributed by atoms with Gasteiger partial charge in [0.15, 0.2) is 0 Å². The number of carbonyl (C=O) groups excluding carboxylic acids is 1. The lowest BCUT2D eigenvalue weighted by atomic mass is 10.2. The van der Waals surface area contributed by atoms with Gasteiger partial charge in [0.25, 0.3) is 11.7 Å². The minimum absolute atomic E-state index is 0.0159. The molecule has 6 nitrogen and oxygen atoms in total. The number of aryl methyl sites for hydroxylation is 2. The van der Waals surface area contributed by atoms with Gasteiger partial charge in [-0.15, -0.1) is 5.10 Å². The van der Waals surface area contributed by atoms with E-state index in [4.69, 9.17) is 0 Å². The number of aromatic nitrogens is 4. The molecule has 21 heavy (non-hydrogen) atoms. The highest BCUT2D eigenvalue weighted by Gasteiger charge is 2.15. The highest BCUT2D eigenvalue weighted by molar-refractivity contribution is 6.01. The molecule has 1 amide bonds. The predicted molar refractivity (Wildman–Crippen MR) is 74.6 cm³/mol. The topological polar surface area (TPSA) is 72.2 Å². The number of amides is 1. The first-order valence-corrected chi connectivity index (χ1v) is 6.30. The summed E-state index contributed by atoms with van der Waals surface area (Å²) >= 11 is 0. The summed E-state index contributed by atoms with van der Waals surface area (Å²) in [7, 11) is 0. The molecule has 0 atom stereocenters. The average Bonchev–Trinajstić information content (AvgIpc) is 2.89. The van der Waals surface area contributed by atoms with Crippen LogP contribution in [0.5, 0.6) is 0 Å². The van der Waals surface area contributed by atoms with Crippen molar-refractivity contribution in [2.24, 2.45) is 0 Å². The molecule has 0 bridgehead atoms. The fourth-order valence-electron chi connectivity index (χ4n) is 1.86. The summed E-state index contributed by atoms with van der Waals surface area (Å²) < 4.78 is 14.9. The number of nitrogens with zero attached hydrogens (tertiary/aromatic N) is 4. The zero-order chi connectivity index (χ0) is 15.0. The molecule has 106 valence electrons. The summed E-state index contributed by atoms with van der Waals surface area (Å²) in [5, 5.41) is 6.65. The highest BCUT2D eigenvalue weighted by Crippen LogP contribution is 2.14. The minimum Gasteiger partial charge on any atom is -0.319 e. The van der Waals surface area contributed by atoms with E-state index in [-0.39, 0.29) is 11.6 Å². The lowest BCUT2D eigenvalue weighted by Crippen LogP contribution is -2.14. The Labute approximate surface area is 119 Å². The molecule has 0 aliphatic carbocycles. The van der Waals surface area contributed by atoms with Crippen LogP contribution >= 0.6 is 0 Å². The van der Waals surface area contributed by atoms with E-state index >= 15 is 0 Å². The van der Waals surface area contributed by atoms with Crippen LogP contribution in [-0.2, 0) is 0 Å². The molecular formula is C14H12FN5O. The normalized spacial score (nSPS) is 10.8. The number of benzene rings is 1. The number of hydrogen-bond donors (Lipinski definition) is 1. The Morgan fingerprint density at radius 3 is 2.81 bits per heavy atom. The molecule has 0 unspecified atom stereocenters. The fraction of sp³-hybridized carbons (Fsp3) is 0.143. The quantitative estimate of drug-likeness (QED) is 0.783. The third kappa shape index (κ3) is 2.45. The van der Waals surface area contributed by atoms with Crippen molar-refractivity contribution in [1.82, 2.24) is 19.6 Å². The van der Waals surface area contributed by atoms with E-state index < -0.39 is 5.91 Å². The molecule has 3 aromatic rings. The Hall–Kier alpha value is -2.83. The van der Waals surface area contributed by atoms with Gasteiger partial charge in [-0.25, -0.2) is 13.9 Å². The van der Waals surface area contributed by atoms with E-state index in [2.05, 4.69) is 20.4 Å². The number of nitrogens with one attached hydrogen (secondary N) is 1. The molecule has 2 aromatic heterocycles. The first-order chi connectivity index (χ1) is 10.0. The summed E-state index contributed by atoms with van der Waals surface area (Å²) in [5.74, 6) is -0.565. The van der Waals surface area contributed by atoms with Crippen molar-refractivity contribution in [3.05, 3.63) is 53.4 Å². The van der Waals surface area contributed by atoms with E-state index in [1.54, 1.807) is 31.3 Å². The van der Waals surface area contributed by atoms with Crippen LogP contribution in [0.2, 0.25) is 0 Å². The van der Waals surface area contributed by atoms with Crippen molar-refractivity contribution in [3.63, 3.8) is 0 Å². The smallest absolute Gasteiger partial charge is 0.295 e.